The summed E-state index contributed by atoms with van der Waals surface area (Å²) in [5, 5.41) is 13.4. The van der Waals surface area contributed by atoms with Crippen molar-refractivity contribution in [3.8, 4) is 0 Å². The first-order valence-corrected chi connectivity index (χ1v) is 5.40. The van der Waals surface area contributed by atoms with Crippen molar-refractivity contribution < 1.29 is 14.1 Å². The molecule has 6 nitrogen and oxygen atoms in total. The van der Waals surface area contributed by atoms with Crippen LogP contribution in [0.25, 0.3) is 0 Å². The van der Waals surface area contributed by atoms with E-state index in [0.717, 1.165) is 6.07 Å². The highest BCUT2D eigenvalue weighted by Crippen LogP contribution is 2.34. The van der Waals surface area contributed by atoms with Gasteiger partial charge in [-0.25, -0.2) is 4.39 Å². The van der Waals surface area contributed by atoms with Gasteiger partial charge >= 0.3 is 0 Å². The molecule has 0 saturated heterocycles. The molecule has 1 aliphatic rings. The summed E-state index contributed by atoms with van der Waals surface area (Å²) in [4.78, 5) is 23.5. The quantitative estimate of drug-likeness (QED) is 0.638. The Morgan fingerprint density at radius 1 is 1.56 bits per heavy atom. The van der Waals surface area contributed by atoms with Gasteiger partial charge in [-0.1, -0.05) is 0 Å². The van der Waals surface area contributed by atoms with E-state index in [2.05, 4.69) is 5.32 Å². The highest BCUT2D eigenvalue weighted by atomic mass is 19.1. The number of fused-ring (bicyclic) bond motifs is 1. The normalized spacial score (nSPS) is 14.4. The lowest BCUT2D eigenvalue weighted by atomic mass is 9.96. The summed E-state index contributed by atoms with van der Waals surface area (Å²) in [6, 6.07) is 1.14. The lowest BCUT2D eigenvalue weighted by molar-refractivity contribution is -0.384. The van der Waals surface area contributed by atoms with E-state index in [9.17, 15) is 19.3 Å². The zero-order chi connectivity index (χ0) is 13.4. The molecule has 0 radical (unpaired) electrons. The van der Waals surface area contributed by atoms with Crippen LogP contribution in [0.1, 0.15) is 15.9 Å². The number of hydrogen-bond acceptors (Lipinski definition) is 4. The molecule has 1 heterocycles. The molecule has 0 fully saturated rings. The lowest BCUT2D eigenvalue weighted by Crippen LogP contribution is -2.35. The van der Waals surface area contributed by atoms with Crippen LogP contribution in [0.15, 0.2) is 6.07 Å². The Bertz CT molecular complexity index is 545. The number of hydrogen-bond donors (Lipinski definition) is 1. The number of nitro benzene ring substituents is 1. The van der Waals surface area contributed by atoms with Crippen LogP contribution in [0.3, 0.4) is 0 Å². The van der Waals surface area contributed by atoms with Crippen molar-refractivity contribution in [3.63, 3.8) is 0 Å². The van der Waals surface area contributed by atoms with Crippen molar-refractivity contribution in [1.29, 1.82) is 0 Å². The number of likely N-dealkylation sites (N-methyl/N-ethyl adjacent to an activating group) is 1. The number of benzene rings is 1. The summed E-state index contributed by atoms with van der Waals surface area (Å²) in [6.07, 6.45) is 0.357. The van der Waals surface area contributed by atoms with Crippen LogP contribution in [-0.4, -0.2) is 36.4 Å². The van der Waals surface area contributed by atoms with E-state index < -0.39 is 16.4 Å². The van der Waals surface area contributed by atoms with Gasteiger partial charge in [-0.15, -0.1) is 0 Å². The minimum Gasteiger partial charge on any atom is -0.380 e. The molecule has 1 aromatic carbocycles. The van der Waals surface area contributed by atoms with Crippen LogP contribution in [0.2, 0.25) is 0 Å². The monoisotopic (exact) mass is 253 g/mol. The third-order valence-electron chi connectivity index (χ3n) is 3.07. The molecule has 0 saturated carbocycles. The number of amides is 1. The Morgan fingerprint density at radius 2 is 2.22 bits per heavy atom. The van der Waals surface area contributed by atoms with Gasteiger partial charge in [-0.3, -0.25) is 14.9 Å². The van der Waals surface area contributed by atoms with E-state index in [1.807, 2.05) is 0 Å². The van der Waals surface area contributed by atoms with Crippen LogP contribution < -0.4 is 5.32 Å². The predicted molar refractivity (Wildman–Crippen MR) is 63.3 cm³/mol. The first kappa shape index (κ1) is 12.3. The van der Waals surface area contributed by atoms with Crippen molar-refractivity contribution in [3.05, 3.63) is 33.1 Å². The van der Waals surface area contributed by atoms with Gasteiger partial charge in [-0.2, -0.15) is 0 Å². The zero-order valence-electron chi connectivity index (χ0n) is 9.99. The van der Waals surface area contributed by atoms with Crippen molar-refractivity contribution >= 4 is 17.3 Å². The predicted octanol–water partition coefficient (Wildman–Crippen LogP) is 1.40. The van der Waals surface area contributed by atoms with Crippen LogP contribution in [-0.2, 0) is 6.42 Å². The number of nitro groups is 1. The summed E-state index contributed by atoms with van der Waals surface area (Å²) in [6.45, 7) is 0.406. The van der Waals surface area contributed by atoms with E-state index >= 15 is 0 Å². The Labute approximate surface area is 103 Å². The second-order valence-corrected chi connectivity index (χ2v) is 4.09. The van der Waals surface area contributed by atoms with E-state index in [0.29, 0.717) is 13.0 Å². The molecular weight excluding hydrogens is 241 g/mol. The third-order valence-corrected chi connectivity index (χ3v) is 3.07. The summed E-state index contributed by atoms with van der Waals surface area (Å²) >= 11 is 0. The molecular formula is C11H12FN3O3. The second-order valence-electron chi connectivity index (χ2n) is 4.09. The van der Waals surface area contributed by atoms with Crippen LogP contribution in [0.4, 0.5) is 15.8 Å². The van der Waals surface area contributed by atoms with Gasteiger partial charge in [0, 0.05) is 32.3 Å². The number of halogens is 1. The molecule has 1 amide bonds. The zero-order valence-corrected chi connectivity index (χ0v) is 9.99. The molecule has 0 aromatic heterocycles. The van der Waals surface area contributed by atoms with Crippen LogP contribution >= 0.6 is 0 Å². The number of nitrogens with one attached hydrogen (secondary N) is 1. The molecule has 7 heteroatoms. The van der Waals surface area contributed by atoms with E-state index in [1.165, 1.54) is 11.9 Å². The molecule has 0 bridgehead atoms. The van der Waals surface area contributed by atoms with E-state index in [4.69, 9.17) is 0 Å². The molecule has 1 aliphatic heterocycles. The third kappa shape index (κ3) is 1.68. The highest BCUT2D eigenvalue weighted by molar-refractivity contribution is 5.98. The van der Waals surface area contributed by atoms with Gasteiger partial charge in [-0.05, 0) is 6.42 Å². The lowest BCUT2D eigenvalue weighted by Gasteiger charge is -2.25. The number of nitrogens with zero attached hydrogens (tertiary/aromatic N) is 2. The van der Waals surface area contributed by atoms with Gasteiger partial charge in [0.2, 0.25) is 0 Å². The van der Waals surface area contributed by atoms with Crippen molar-refractivity contribution in [2.45, 2.75) is 6.42 Å². The fourth-order valence-corrected chi connectivity index (χ4v) is 2.08. The maximum atomic E-state index is 14.1. The molecule has 1 aromatic rings. The molecule has 18 heavy (non-hydrogen) atoms. The van der Waals surface area contributed by atoms with Crippen LogP contribution in [0.5, 0.6) is 0 Å². The SMILES string of the molecule is CNc1c([N+](=O)[O-])cc2c(c1F)CCN(C)C2=O. The van der Waals surface area contributed by atoms with Crippen LogP contribution in [0, 0.1) is 15.9 Å². The fourth-order valence-electron chi connectivity index (χ4n) is 2.08. The van der Waals surface area contributed by atoms with Crippen molar-refractivity contribution in [2.24, 2.45) is 0 Å². The van der Waals surface area contributed by atoms with Gasteiger partial charge < -0.3 is 10.2 Å². The minimum atomic E-state index is -0.705. The first-order valence-electron chi connectivity index (χ1n) is 5.40. The van der Waals surface area contributed by atoms with E-state index in [-0.39, 0.29) is 22.7 Å². The highest BCUT2D eigenvalue weighted by Gasteiger charge is 2.31. The molecule has 0 atom stereocenters. The maximum absolute atomic E-state index is 14.1. The molecule has 2 rings (SSSR count). The molecule has 1 N–H and O–H groups in total. The summed E-state index contributed by atoms with van der Waals surface area (Å²) in [7, 11) is 3.00. The average molecular weight is 253 g/mol. The Hall–Kier alpha value is -2.18. The second kappa shape index (κ2) is 4.25. The summed E-state index contributed by atoms with van der Waals surface area (Å²) in [5.41, 5.74) is -0.270. The summed E-state index contributed by atoms with van der Waals surface area (Å²) in [5.74, 6) is -1.09. The standard InChI is InChI=1S/C11H12FN3O3/c1-13-10-8(15(17)18)5-7-6(9(10)12)3-4-14(2)11(7)16/h5,13H,3-4H2,1-2H3. The Kier molecular flexibility index (Phi) is 2.90. The van der Waals surface area contributed by atoms with Crippen molar-refractivity contribution in [1.82, 2.24) is 4.90 Å². The van der Waals surface area contributed by atoms with Gasteiger partial charge in [0.1, 0.15) is 5.69 Å². The van der Waals surface area contributed by atoms with Gasteiger partial charge in [0.15, 0.2) is 5.82 Å². The largest absolute Gasteiger partial charge is 0.380 e. The smallest absolute Gasteiger partial charge is 0.296 e. The number of rotatable bonds is 2. The van der Waals surface area contributed by atoms with Gasteiger partial charge in [0.05, 0.1) is 10.5 Å². The Morgan fingerprint density at radius 3 is 2.78 bits per heavy atom. The number of carbonyl (C=O) groups excluding carboxylic acids is 1. The maximum Gasteiger partial charge on any atom is 0.296 e. The molecule has 0 unspecified atom stereocenters. The first-order chi connectivity index (χ1) is 8.47. The molecule has 0 spiro atoms. The van der Waals surface area contributed by atoms with Gasteiger partial charge in [0.25, 0.3) is 11.6 Å². The fraction of sp³-hybridized carbons (Fsp3) is 0.364. The number of anilines is 1. The Balaban J connectivity index is 2.71. The van der Waals surface area contributed by atoms with E-state index in [1.54, 1.807) is 7.05 Å². The molecule has 96 valence electrons. The number of carbonyl (C=O) groups is 1. The minimum absolute atomic E-state index is 0.0759. The molecule has 0 aliphatic carbocycles. The van der Waals surface area contributed by atoms with Crippen molar-refractivity contribution in [2.75, 3.05) is 26.0 Å². The average Bonchev–Trinajstić information content (AvgIpc) is 2.33. The topological polar surface area (TPSA) is 75.5 Å². The summed E-state index contributed by atoms with van der Waals surface area (Å²) < 4.78 is 14.1.